The fraction of sp³-hybridized carbons (Fsp3) is 0.211. The molecule has 0 aliphatic heterocycles. The zero-order chi connectivity index (χ0) is 24.1. The van der Waals surface area contributed by atoms with Crippen LogP contribution in [0.3, 0.4) is 0 Å². The van der Waals surface area contributed by atoms with Gasteiger partial charge in [0.05, 0.1) is 21.4 Å². The van der Waals surface area contributed by atoms with E-state index in [1.165, 1.54) is 16.7 Å². The Labute approximate surface area is 182 Å². The number of nitro groups is 2. The highest BCUT2D eigenvalue weighted by Gasteiger charge is 2.17. The van der Waals surface area contributed by atoms with E-state index in [2.05, 4.69) is 5.32 Å². The van der Waals surface area contributed by atoms with Gasteiger partial charge in [-0.15, -0.1) is 0 Å². The number of non-ortho nitro benzene ring substituents is 1. The van der Waals surface area contributed by atoms with Crippen molar-refractivity contribution in [1.82, 2.24) is 4.57 Å². The summed E-state index contributed by atoms with van der Waals surface area (Å²) in [6.07, 6.45) is -0.00245. The minimum atomic E-state index is -1.06. The largest absolute Gasteiger partial charge is 0.456 e. The van der Waals surface area contributed by atoms with Gasteiger partial charge in [-0.2, -0.15) is 4.39 Å². The second-order valence-electron chi connectivity index (χ2n) is 6.66. The molecule has 13 nitrogen and oxygen atoms in total. The van der Waals surface area contributed by atoms with Crippen molar-refractivity contribution in [2.24, 2.45) is 0 Å². The van der Waals surface area contributed by atoms with Crippen LogP contribution in [0.2, 0.25) is 0 Å². The zero-order valence-electron chi connectivity index (χ0n) is 16.7. The third-order valence-electron chi connectivity index (χ3n) is 4.42. The van der Waals surface area contributed by atoms with Gasteiger partial charge in [0, 0.05) is 30.8 Å². The zero-order valence-corrected chi connectivity index (χ0v) is 16.7. The lowest BCUT2D eigenvalue weighted by Crippen LogP contribution is -2.21. The van der Waals surface area contributed by atoms with Gasteiger partial charge in [0.15, 0.2) is 12.2 Å². The molecule has 1 heterocycles. The van der Waals surface area contributed by atoms with E-state index in [1.54, 1.807) is 0 Å². The van der Waals surface area contributed by atoms with Gasteiger partial charge < -0.3 is 14.5 Å². The van der Waals surface area contributed by atoms with Gasteiger partial charge in [-0.05, 0) is 24.6 Å². The smallest absolute Gasteiger partial charge is 0.419 e. The molecule has 172 valence electrons. The number of hydrogen-bond acceptors (Lipinski definition) is 9. The number of amides is 1. The minimum Gasteiger partial charge on any atom is -0.456 e. The predicted octanol–water partition coefficient (Wildman–Crippen LogP) is 2.51. The number of rotatable bonds is 9. The third-order valence-corrected chi connectivity index (χ3v) is 4.42. The highest BCUT2D eigenvalue weighted by Crippen LogP contribution is 2.22. The Morgan fingerprint density at radius 3 is 2.58 bits per heavy atom. The molecule has 0 saturated carbocycles. The molecular formula is C19H15FN4O9. The maximum atomic E-state index is 13.3. The number of aryl methyl sites for hydroxylation is 1. The van der Waals surface area contributed by atoms with Crippen LogP contribution in [0.25, 0.3) is 11.1 Å². The van der Waals surface area contributed by atoms with E-state index < -0.39 is 45.6 Å². The van der Waals surface area contributed by atoms with Crippen LogP contribution >= 0.6 is 0 Å². The predicted molar refractivity (Wildman–Crippen MR) is 109 cm³/mol. The van der Waals surface area contributed by atoms with Crippen molar-refractivity contribution in [3.8, 4) is 0 Å². The molecule has 3 rings (SSSR count). The van der Waals surface area contributed by atoms with E-state index in [9.17, 15) is 39.0 Å². The molecule has 0 aliphatic carbocycles. The number of nitro benzene ring substituents is 2. The number of esters is 1. The second-order valence-corrected chi connectivity index (χ2v) is 6.66. The molecule has 1 N–H and O–H groups in total. The van der Waals surface area contributed by atoms with E-state index in [4.69, 9.17) is 9.15 Å². The number of nitrogens with zero attached hydrogens (tertiary/aromatic N) is 3. The van der Waals surface area contributed by atoms with Crippen LogP contribution in [0.15, 0.2) is 45.6 Å². The van der Waals surface area contributed by atoms with Gasteiger partial charge in [-0.25, -0.2) is 4.79 Å². The number of oxazole rings is 1. The first-order valence-corrected chi connectivity index (χ1v) is 9.33. The Balaban J connectivity index is 1.49. The molecule has 2 aromatic carbocycles. The van der Waals surface area contributed by atoms with Crippen molar-refractivity contribution in [1.29, 1.82) is 0 Å². The van der Waals surface area contributed by atoms with E-state index >= 15 is 0 Å². The van der Waals surface area contributed by atoms with Crippen molar-refractivity contribution in [2.75, 3.05) is 11.9 Å². The number of nitrogens with one attached hydrogen (secondary N) is 1. The van der Waals surface area contributed by atoms with Gasteiger partial charge >= 0.3 is 17.4 Å². The summed E-state index contributed by atoms with van der Waals surface area (Å²) < 4.78 is 24.3. The highest BCUT2D eigenvalue weighted by molar-refractivity contribution is 5.93. The molecule has 0 bridgehead atoms. The molecule has 0 spiro atoms. The summed E-state index contributed by atoms with van der Waals surface area (Å²) in [6, 6.07) is 6.47. The molecule has 0 unspecified atom stereocenters. The van der Waals surface area contributed by atoms with Crippen LogP contribution in [0.5, 0.6) is 0 Å². The van der Waals surface area contributed by atoms with Gasteiger partial charge in [0.1, 0.15) is 0 Å². The lowest BCUT2D eigenvalue weighted by Gasteiger charge is -2.07. The summed E-state index contributed by atoms with van der Waals surface area (Å²) in [7, 11) is 0. The van der Waals surface area contributed by atoms with Crippen LogP contribution < -0.4 is 11.1 Å². The van der Waals surface area contributed by atoms with Crippen molar-refractivity contribution in [3.63, 3.8) is 0 Å². The van der Waals surface area contributed by atoms with Crippen LogP contribution in [0.1, 0.15) is 12.8 Å². The average molecular weight is 462 g/mol. The molecule has 0 fully saturated rings. The minimum absolute atomic E-state index is 0.0366. The van der Waals surface area contributed by atoms with Crippen LogP contribution in [-0.4, -0.2) is 32.9 Å². The quantitative estimate of drug-likeness (QED) is 0.284. The number of anilines is 1. The van der Waals surface area contributed by atoms with E-state index in [1.807, 2.05) is 0 Å². The molecule has 33 heavy (non-hydrogen) atoms. The first-order chi connectivity index (χ1) is 15.7. The average Bonchev–Trinajstić information content (AvgIpc) is 3.07. The van der Waals surface area contributed by atoms with E-state index in [0.717, 1.165) is 24.3 Å². The molecule has 0 atom stereocenters. The Bertz CT molecular complexity index is 1310. The number of carbonyl (C=O) groups excluding carboxylic acids is 2. The fourth-order valence-electron chi connectivity index (χ4n) is 2.91. The van der Waals surface area contributed by atoms with Crippen molar-refractivity contribution in [2.45, 2.75) is 19.4 Å². The first kappa shape index (κ1) is 23.1. The summed E-state index contributed by atoms with van der Waals surface area (Å²) >= 11 is 0. The summed E-state index contributed by atoms with van der Waals surface area (Å²) in [5.74, 6) is -3.34. The summed E-state index contributed by atoms with van der Waals surface area (Å²) in [4.78, 5) is 55.6. The lowest BCUT2D eigenvalue weighted by atomic mass is 10.2. The highest BCUT2D eigenvalue weighted by atomic mass is 19.1. The maximum Gasteiger partial charge on any atom is 0.419 e. The number of hydrogen-bond donors (Lipinski definition) is 1. The SMILES string of the molecule is O=C(COC(=O)CCCn1c(=O)oc2cc([N+](=O)[O-])ccc21)Nc1ccc(F)c([N+](=O)[O-])c1. The van der Waals surface area contributed by atoms with E-state index in [-0.39, 0.29) is 36.3 Å². The Morgan fingerprint density at radius 2 is 1.88 bits per heavy atom. The number of benzene rings is 2. The number of carbonyl (C=O) groups is 2. The second kappa shape index (κ2) is 9.67. The topological polar surface area (TPSA) is 177 Å². The number of halogens is 1. The Morgan fingerprint density at radius 1 is 1.12 bits per heavy atom. The van der Waals surface area contributed by atoms with Gasteiger partial charge in [0.25, 0.3) is 11.6 Å². The molecule has 1 amide bonds. The fourth-order valence-corrected chi connectivity index (χ4v) is 2.91. The number of ether oxygens (including phenoxy) is 1. The monoisotopic (exact) mass is 462 g/mol. The summed E-state index contributed by atoms with van der Waals surface area (Å²) in [6.45, 7) is -0.619. The Kier molecular flexibility index (Phi) is 6.76. The maximum absolute atomic E-state index is 13.3. The summed E-state index contributed by atoms with van der Waals surface area (Å²) in [5.41, 5.74) is -0.737. The number of aromatic nitrogens is 1. The van der Waals surface area contributed by atoms with Gasteiger partial charge in [-0.3, -0.25) is 34.4 Å². The molecule has 0 saturated heterocycles. The van der Waals surface area contributed by atoms with Crippen molar-refractivity contribution >= 4 is 40.0 Å². The molecule has 0 aliphatic rings. The van der Waals surface area contributed by atoms with Crippen LogP contribution in [-0.2, 0) is 20.9 Å². The van der Waals surface area contributed by atoms with E-state index in [0.29, 0.717) is 5.52 Å². The standard InChI is InChI=1S/C19H15FN4O9/c20-13-5-3-11(8-15(13)24(30)31)21-17(25)10-32-18(26)2-1-7-22-14-6-4-12(23(28)29)9-16(14)33-19(22)27/h3-6,8-9H,1-2,7,10H2,(H,21,25). The van der Waals surface area contributed by atoms with Crippen molar-refractivity contribution in [3.05, 3.63) is 73.0 Å². The van der Waals surface area contributed by atoms with Crippen molar-refractivity contribution < 1.29 is 33.0 Å². The first-order valence-electron chi connectivity index (χ1n) is 9.33. The van der Waals surface area contributed by atoms with Crippen LogP contribution in [0, 0.1) is 26.0 Å². The molecule has 0 radical (unpaired) electrons. The van der Waals surface area contributed by atoms with Crippen LogP contribution in [0.4, 0.5) is 21.5 Å². The number of fused-ring (bicyclic) bond motifs is 1. The van der Waals surface area contributed by atoms with Gasteiger partial charge in [-0.1, -0.05) is 0 Å². The molecule has 1 aromatic heterocycles. The molecular weight excluding hydrogens is 447 g/mol. The Hall–Kier alpha value is -4.62. The third kappa shape index (κ3) is 5.55. The molecule has 3 aromatic rings. The molecule has 14 heteroatoms. The van der Waals surface area contributed by atoms with Gasteiger partial charge in [0.2, 0.25) is 5.82 Å². The lowest BCUT2D eigenvalue weighted by molar-refractivity contribution is -0.387. The summed E-state index contributed by atoms with van der Waals surface area (Å²) in [5, 5.41) is 23.8. The normalized spacial score (nSPS) is 10.7.